The summed E-state index contributed by atoms with van der Waals surface area (Å²) >= 11 is 1.73. The van der Waals surface area contributed by atoms with Crippen LogP contribution in [-0.2, 0) is 6.42 Å². The highest BCUT2D eigenvalue weighted by atomic mass is 32.1. The van der Waals surface area contributed by atoms with Crippen LogP contribution in [0.2, 0.25) is 0 Å². The zero-order chi connectivity index (χ0) is 12.5. The van der Waals surface area contributed by atoms with Crippen LogP contribution in [0.3, 0.4) is 0 Å². The van der Waals surface area contributed by atoms with Gasteiger partial charge in [-0.2, -0.15) is 0 Å². The monoisotopic (exact) mass is 266 g/mol. The third-order valence-corrected chi connectivity index (χ3v) is 5.60. The van der Waals surface area contributed by atoms with Crippen molar-refractivity contribution in [3.8, 4) is 0 Å². The number of hydrogen-bond acceptors (Lipinski definition) is 5. The number of nitrogens with zero attached hydrogens (tertiary/aromatic N) is 2. The van der Waals surface area contributed by atoms with Gasteiger partial charge < -0.3 is 4.90 Å². The Morgan fingerprint density at radius 1 is 1.50 bits per heavy atom. The third-order valence-electron chi connectivity index (χ3n) is 4.80. The SMILES string of the molecule is CN1C2CCC1CC(C(Cc1nccs1)NN)C2. The van der Waals surface area contributed by atoms with E-state index < -0.39 is 0 Å². The molecule has 2 saturated heterocycles. The molecule has 0 spiro atoms. The lowest BCUT2D eigenvalue weighted by Gasteiger charge is -2.39. The van der Waals surface area contributed by atoms with Crippen LogP contribution in [-0.4, -0.2) is 35.1 Å². The Hall–Kier alpha value is -0.490. The first-order valence-corrected chi connectivity index (χ1v) is 7.72. The second-order valence-corrected chi connectivity index (χ2v) is 6.66. The molecule has 3 atom stereocenters. The van der Waals surface area contributed by atoms with Crippen molar-refractivity contribution in [3.05, 3.63) is 16.6 Å². The van der Waals surface area contributed by atoms with E-state index in [1.54, 1.807) is 11.3 Å². The van der Waals surface area contributed by atoms with Crippen molar-refractivity contribution in [2.45, 2.75) is 50.2 Å². The Morgan fingerprint density at radius 3 is 2.78 bits per heavy atom. The predicted octanol–water partition coefficient (Wildman–Crippen LogP) is 1.39. The molecule has 0 aliphatic carbocycles. The molecular formula is C13H22N4S. The maximum absolute atomic E-state index is 5.78. The number of thiazole rings is 1. The molecule has 5 heteroatoms. The standard InChI is InChI=1S/C13H22N4S/c1-17-10-2-3-11(17)7-9(6-10)12(16-14)8-13-15-4-5-18-13/h4-5,9-12,16H,2-3,6-8,14H2,1H3. The maximum atomic E-state index is 5.78. The largest absolute Gasteiger partial charge is 0.300 e. The minimum absolute atomic E-state index is 0.382. The molecule has 18 heavy (non-hydrogen) atoms. The Bertz CT molecular complexity index is 366. The van der Waals surface area contributed by atoms with Gasteiger partial charge in [0.05, 0.1) is 5.01 Å². The van der Waals surface area contributed by atoms with Crippen molar-refractivity contribution in [1.82, 2.24) is 15.3 Å². The van der Waals surface area contributed by atoms with E-state index in [2.05, 4.69) is 22.4 Å². The summed E-state index contributed by atoms with van der Waals surface area (Å²) in [5, 5.41) is 3.24. The normalized spacial score (nSPS) is 33.8. The van der Waals surface area contributed by atoms with Gasteiger partial charge in [-0.05, 0) is 38.6 Å². The Balaban J connectivity index is 1.66. The van der Waals surface area contributed by atoms with Gasteiger partial charge in [0, 0.05) is 36.1 Å². The van der Waals surface area contributed by atoms with E-state index in [0.29, 0.717) is 12.0 Å². The van der Waals surface area contributed by atoms with Crippen LogP contribution < -0.4 is 11.3 Å². The zero-order valence-corrected chi connectivity index (χ0v) is 11.7. The van der Waals surface area contributed by atoms with E-state index in [-0.39, 0.29) is 0 Å². The van der Waals surface area contributed by atoms with Crippen molar-refractivity contribution in [1.29, 1.82) is 0 Å². The lowest BCUT2D eigenvalue weighted by molar-refractivity contribution is 0.112. The Morgan fingerprint density at radius 2 is 2.22 bits per heavy atom. The quantitative estimate of drug-likeness (QED) is 0.639. The molecule has 3 rings (SSSR count). The molecule has 2 fully saturated rings. The average Bonchev–Trinajstić information content (AvgIpc) is 2.93. The van der Waals surface area contributed by atoms with Crippen LogP contribution >= 0.6 is 11.3 Å². The molecule has 2 aliphatic rings. The lowest BCUT2D eigenvalue weighted by Crippen LogP contribution is -2.49. The van der Waals surface area contributed by atoms with E-state index in [1.807, 2.05) is 11.6 Å². The fraction of sp³-hybridized carbons (Fsp3) is 0.769. The van der Waals surface area contributed by atoms with Gasteiger partial charge in [-0.3, -0.25) is 11.3 Å². The van der Waals surface area contributed by atoms with Crippen molar-refractivity contribution >= 4 is 11.3 Å². The van der Waals surface area contributed by atoms with E-state index >= 15 is 0 Å². The van der Waals surface area contributed by atoms with E-state index in [0.717, 1.165) is 18.5 Å². The van der Waals surface area contributed by atoms with Gasteiger partial charge in [0.25, 0.3) is 0 Å². The van der Waals surface area contributed by atoms with Crippen LogP contribution in [0.25, 0.3) is 0 Å². The fourth-order valence-electron chi connectivity index (χ4n) is 3.69. The van der Waals surface area contributed by atoms with Gasteiger partial charge in [-0.15, -0.1) is 11.3 Å². The molecule has 0 amide bonds. The predicted molar refractivity (Wildman–Crippen MR) is 74.2 cm³/mol. The number of rotatable bonds is 4. The molecule has 0 saturated carbocycles. The van der Waals surface area contributed by atoms with E-state index in [9.17, 15) is 0 Å². The summed E-state index contributed by atoms with van der Waals surface area (Å²) in [5.74, 6) is 6.48. The van der Waals surface area contributed by atoms with Crippen LogP contribution in [0, 0.1) is 5.92 Å². The van der Waals surface area contributed by atoms with Gasteiger partial charge in [0.2, 0.25) is 0 Å². The van der Waals surface area contributed by atoms with Gasteiger partial charge in [-0.1, -0.05) is 0 Å². The molecule has 2 aliphatic heterocycles. The number of hydrazine groups is 1. The van der Waals surface area contributed by atoms with E-state index in [1.165, 1.54) is 30.7 Å². The minimum Gasteiger partial charge on any atom is -0.300 e. The molecule has 1 aromatic rings. The number of hydrogen-bond donors (Lipinski definition) is 2. The second kappa shape index (κ2) is 5.25. The third kappa shape index (κ3) is 2.32. The molecule has 2 bridgehead atoms. The topological polar surface area (TPSA) is 54.2 Å². The first kappa shape index (κ1) is 12.5. The first-order valence-electron chi connectivity index (χ1n) is 6.84. The van der Waals surface area contributed by atoms with Gasteiger partial charge >= 0.3 is 0 Å². The van der Waals surface area contributed by atoms with Gasteiger partial charge in [0.1, 0.15) is 0 Å². The smallest absolute Gasteiger partial charge is 0.0940 e. The van der Waals surface area contributed by atoms with Crippen LogP contribution in [0.15, 0.2) is 11.6 Å². The number of piperidine rings is 1. The minimum atomic E-state index is 0.382. The molecule has 4 nitrogen and oxygen atoms in total. The molecule has 0 aromatic carbocycles. The highest BCUT2D eigenvalue weighted by Gasteiger charge is 2.40. The van der Waals surface area contributed by atoms with E-state index in [4.69, 9.17) is 5.84 Å². The first-order chi connectivity index (χ1) is 8.78. The average molecular weight is 266 g/mol. The molecule has 3 N–H and O–H groups in total. The summed E-state index contributed by atoms with van der Waals surface area (Å²) in [6.07, 6.45) is 8.16. The summed E-state index contributed by atoms with van der Waals surface area (Å²) < 4.78 is 0. The fourth-order valence-corrected chi connectivity index (χ4v) is 4.36. The lowest BCUT2D eigenvalue weighted by atomic mass is 9.84. The van der Waals surface area contributed by atoms with Crippen LogP contribution in [0.5, 0.6) is 0 Å². The van der Waals surface area contributed by atoms with Crippen molar-refractivity contribution in [2.75, 3.05) is 7.05 Å². The summed E-state index contributed by atoms with van der Waals surface area (Å²) in [4.78, 5) is 6.96. The molecule has 100 valence electrons. The van der Waals surface area contributed by atoms with Crippen molar-refractivity contribution in [2.24, 2.45) is 11.8 Å². The molecule has 1 aromatic heterocycles. The van der Waals surface area contributed by atoms with Crippen LogP contribution in [0.1, 0.15) is 30.7 Å². The number of nitrogens with two attached hydrogens (primary N) is 1. The van der Waals surface area contributed by atoms with Gasteiger partial charge in [0.15, 0.2) is 0 Å². The highest BCUT2D eigenvalue weighted by Crippen LogP contribution is 2.39. The highest BCUT2D eigenvalue weighted by molar-refractivity contribution is 7.09. The summed E-state index contributed by atoms with van der Waals surface area (Å²) in [7, 11) is 2.28. The maximum Gasteiger partial charge on any atom is 0.0940 e. The van der Waals surface area contributed by atoms with Crippen molar-refractivity contribution < 1.29 is 0 Å². The molecule has 3 unspecified atom stereocenters. The number of aromatic nitrogens is 1. The summed E-state index contributed by atoms with van der Waals surface area (Å²) in [5.41, 5.74) is 3.04. The summed E-state index contributed by atoms with van der Waals surface area (Å²) in [6, 6.07) is 1.94. The second-order valence-electron chi connectivity index (χ2n) is 5.69. The molecule has 3 heterocycles. The molecule has 0 radical (unpaired) electrons. The van der Waals surface area contributed by atoms with Crippen LogP contribution in [0.4, 0.5) is 0 Å². The Labute approximate surface area is 113 Å². The Kier molecular flexibility index (Phi) is 3.66. The number of fused-ring (bicyclic) bond motifs is 2. The summed E-state index contributed by atoms with van der Waals surface area (Å²) in [6.45, 7) is 0. The zero-order valence-electron chi connectivity index (χ0n) is 10.9. The number of nitrogens with one attached hydrogen (secondary N) is 1. The van der Waals surface area contributed by atoms with Crippen molar-refractivity contribution in [3.63, 3.8) is 0 Å². The molecular weight excluding hydrogens is 244 g/mol. The van der Waals surface area contributed by atoms with Gasteiger partial charge in [-0.25, -0.2) is 4.98 Å².